The van der Waals surface area contributed by atoms with Gasteiger partial charge in [0.1, 0.15) is 0 Å². The number of hydrogen-bond acceptors (Lipinski definition) is 2. The van der Waals surface area contributed by atoms with Gasteiger partial charge < -0.3 is 0 Å². The Morgan fingerprint density at radius 3 is 2.75 bits per heavy atom. The molecule has 2 aromatic carbocycles. The van der Waals surface area contributed by atoms with Crippen LogP contribution in [0.5, 0.6) is 0 Å². The molecule has 1 aromatic heterocycles. The highest BCUT2D eigenvalue weighted by molar-refractivity contribution is 6.30. The van der Waals surface area contributed by atoms with E-state index in [1.54, 1.807) is 12.3 Å². The molecule has 0 unspecified atom stereocenters. The fourth-order valence-corrected chi connectivity index (χ4v) is 2.49. The Kier molecular flexibility index (Phi) is 3.48. The van der Waals surface area contributed by atoms with E-state index in [1.807, 2.05) is 48.5 Å². The standard InChI is InChI=1S/C17H12ClNO/c18-13-5-1-4-12(10-13)11-17(20)15-6-2-8-16-14(15)7-3-9-19-16/h1-10H,11H2. The lowest BCUT2D eigenvalue weighted by molar-refractivity contribution is 0.0994. The van der Waals surface area contributed by atoms with Gasteiger partial charge in [-0.1, -0.05) is 41.9 Å². The van der Waals surface area contributed by atoms with E-state index in [9.17, 15) is 4.79 Å². The minimum atomic E-state index is 0.0749. The fraction of sp³-hybridized carbons (Fsp3) is 0.0588. The van der Waals surface area contributed by atoms with Crippen LogP contribution in [0.2, 0.25) is 5.02 Å². The number of rotatable bonds is 3. The lowest BCUT2D eigenvalue weighted by atomic mass is 9.99. The Balaban J connectivity index is 1.97. The summed E-state index contributed by atoms with van der Waals surface area (Å²) in [4.78, 5) is 16.7. The third kappa shape index (κ3) is 2.56. The average molecular weight is 282 g/mol. The van der Waals surface area contributed by atoms with Crippen LogP contribution in [-0.4, -0.2) is 10.8 Å². The number of halogens is 1. The van der Waals surface area contributed by atoms with E-state index in [-0.39, 0.29) is 5.78 Å². The molecule has 3 aromatic rings. The summed E-state index contributed by atoms with van der Waals surface area (Å²) in [7, 11) is 0. The van der Waals surface area contributed by atoms with Gasteiger partial charge in [-0.25, -0.2) is 0 Å². The Hall–Kier alpha value is -2.19. The van der Waals surface area contributed by atoms with Gasteiger partial charge in [-0.05, 0) is 29.8 Å². The van der Waals surface area contributed by atoms with Crippen molar-refractivity contribution in [3.63, 3.8) is 0 Å². The molecule has 0 aliphatic heterocycles. The maximum atomic E-state index is 12.5. The lowest BCUT2D eigenvalue weighted by Crippen LogP contribution is -2.04. The maximum absolute atomic E-state index is 12.5. The van der Waals surface area contributed by atoms with Crippen molar-refractivity contribution < 1.29 is 4.79 Å². The van der Waals surface area contributed by atoms with Crippen LogP contribution in [0.4, 0.5) is 0 Å². The molecule has 0 aliphatic carbocycles. The molecule has 0 bridgehead atoms. The van der Waals surface area contributed by atoms with Gasteiger partial charge in [0.2, 0.25) is 0 Å². The van der Waals surface area contributed by atoms with Crippen molar-refractivity contribution in [1.82, 2.24) is 4.98 Å². The van der Waals surface area contributed by atoms with Crippen molar-refractivity contribution in [2.45, 2.75) is 6.42 Å². The van der Waals surface area contributed by atoms with Crippen LogP contribution in [0.1, 0.15) is 15.9 Å². The summed E-state index contributed by atoms with van der Waals surface area (Å²) >= 11 is 5.95. The molecule has 0 saturated carbocycles. The summed E-state index contributed by atoms with van der Waals surface area (Å²) in [6.45, 7) is 0. The molecule has 0 N–H and O–H groups in total. The molecule has 1 heterocycles. The van der Waals surface area contributed by atoms with Crippen molar-refractivity contribution in [2.75, 3.05) is 0 Å². The van der Waals surface area contributed by atoms with Gasteiger partial charge in [0.05, 0.1) is 5.52 Å². The summed E-state index contributed by atoms with van der Waals surface area (Å²) in [6.07, 6.45) is 2.07. The highest BCUT2D eigenvalue weighted by atomic mass is 35.5. The number of nitrogens with zero attached hydrogens (tertiary/aromatic N) is 1. The molecule has 0 aliphatic rings. The number of carbonyl (C=O) groups is 1. The van der Waals surface area contributed by atoms with Crippen LogP contribution in [-0.2, 0) is 6.42 Å². The van der Waals surface area contributed by atoms with Gasteiger partial charge in [0, 0.05) is 28.6 Å². The number of aromatic nitrogens is 1. The third-order valence-corrected chi connectivity index (χ3v) is 3.43. The van der Waals surface area contributed by atoms with Crippen LogP contribution < -0.4 is 0 Å². The Bertz CT molecular complexity index is 777. The highest BCUT2D eigenvalue weighted by Gasteiger charge is 2.11. The molecule has 2 nitrogen and oxygen atoms in total. The Morgan fingerprint density at radius 2 is 1.90 bits per heavy atom. The van der Waals surface area contributed by atoms with E-state index in [0.29, 0.717) is 17.0 Å². The Labute approximate surface area is 122 Å². The predicted molar refractivity (Wildman–Crippen MR) is 81.2 cm³/mol. The monoisotopic (exact) mass is 281 g/mol. The largest absolute Gasteiger partial charge is 0.294 e. The first-order valence-electron chi connectivity index (χ1n) is 6.35. The maximum Gasteiger partial charge on any atom is 0.167 e. The molecular formula is C17H12ClNO. The zero-order valence-corrected chi connectivity index (χ0v) is 11.5. The van der Waals surface area contributed by atoms with Crippen LogP contribution in [0, 0.1) is 0 Å². The topological polar surface area (TPSA) is 30.0 Å². The molecule has 0 amide bonds. The first kappa shape index (κ1) is 12.8. The van der Waals surface area contributed by atoms with Crippen molar-refractivity contribution in [1.29, 1.82) is 0 Å². The third-order valence-electron chi connectivity index (χ3n) is 3.20. The Morgan fingerprint density at radius 1 is 1.05 bits per heavy atom. The van der Waals surface area contributed by atoms with E-state index in [0.717, 1.165) is 16.5 Å². The number of Topliss-reactive ketones (excluding diaryl/α,β-unsaturated/α-hetero) is 1. The van der Waals surface area contributed by atoms with Gasteiger partial charge in [0.15, 0.2) is 5.78 Å². The molecule has 3 rings (SSSR count). The minimum absolute atomic E-state index is 0.0749. The average Bonchev–Trinajstić information content (AvgIpc) is 2.46. The molecule has 0 saturated heterocycles. The smallest absolute Gasteiger partial charge is 0.167 e. The number of pyridine rings is 1. The molecule has 20 heavy (non-hydrogen) atoms. The quantitative estimate of drug-likeness (QED) is 0.670. The van der Waals surface area contributed by atoms with E-state index in [4.69, 9.17) is 11.6 Å². The van der Waals surface area contributed by atoms with Crippen LogP contribution in [0.15, 0.2) is 60.8 Å². The van der Waals surface area contributed by atoms with Crippen LogP contribution in [0.3, 0.4) is 0 Å². The predicted octanol–water partition coefficient (Wildman–Crippen LogP) is 4.31. The van der Waals surface area contributed by atoms with Crippen molar-refractivity contribution in [3.8, 4) is 0 Å². The molecule has 0 spiro atoms. The highest BCUT2D eigenvalue weighted by Crippen LogP contribution is 2.19. The molecule has 0 fully saturated rings. The van der Waals surface area contributed by atoms with Gasteiger partial charge in [-0.15, -0.1) is 0 Å². The molecule has 3 heteroatoms. The number of ketones is 1. The normalized spacial score (nSPS) is 10.7. The van der Waals surface area contributed by atoms with Crippen molar-refractivity contribution >= 4 is 28.3 Å². The summed E-state index contributed by atoms with van der Waals surface area (Å²) in [6, 6.07) is 16.8. The van der Waals surface area contributed by atoms with Crippen molar-refractivity contribution in [2.24, 2.45) is 0 Å². The second-order valence-corrected chi connectivity index (χ2v) is 5.04. The number of benzene rings is 2. The number of fused-ring (bicyclic) bond motifs is 1. The van der Waals surface area contributed by atoms with E-state index >= 15 is 0 Å². The van der Waals surface area contributed by atoms with Crippen LogP contribution >= 0.6 is 11.6 Å². The van der Waals surface area contributed by atoms with Crippen LogP contribution in [0.25, 0.3) is 10.9 Å². The van der Waals surface area contributed by atoms with Gasteiger partial charge in [-0.3, -0.25) is 9.78 Å². The van der Waals surface area contributed by atoms with Gasteiger partial charge in [0.25, 0.3) is 0 Å². The van der Waals surface area contributed by atoms with Gasteiger partial charge >= 0.3 is 0 Å². The van der Waals surface area contributed by atoms with E-state index in [2.05, 4.69) is 4.98 Å². The van der Waals surface area contributed by atoms with E-state index in [1.165, 1.54) is 0 Å². The number of carbonyl (C=O) groups excluding carboxylic acids is 1. The molecule has 0 radical (unpaired) electrons. The zero-order chi connectivity index (χ0) is 13.9. The van der Waals surface area contributed by atoms with E-state index < -0.39 is 0 Å². The van der Waals surface area contributed by atoms with Crippen molar-refractivity contribution in [3.05, 3.63) is 76.9 Å². The SMILES string of the molecule is O=C(Cc1cccc(Cl)c1)c1cccc2ncccc12. The second kappa shape index (κ2) is 5.43. The summed E-state index contributed by atoms with van der Waals surface area (Å²) in [5, 5.41) is 1.54. The summed E-state index contributed by atoms with van der Waals surface area (Å²) in [5.74, 6) is 0.0749. The summed E-state index contributed by atoms with van der Waals surface area (Å²) < 4.78 is 0. The zero-order valence-electron chi connectivity index (χ0n) is 10.7. The molecular weight excluding hydrogens is 270 g/mol. The fourth-order valence-electron chi connectivity index (χ4n) is 2.27. The first-order valence-corrected chi connectivity index (χ1v) is 6.73. The lowest BCUT2D eigenvalue weighted by Gasteiger charge is -2.05. The molecule has 98 valence electrons. The minimum Gasteiger partial charge on any atom is -0.294 e. The second-order valence-electron chi connectivity index (χ2n) is 4.61. The number of hydrogen-bond donors (Lipinski definition) is 0. The van der Waals surface area contributed by atoms with Gasteiger partial charge in [-0.2, -0.15) is 0 Å². The summed E-state index contributed by atoms with van der Waals surface area (Å²) in [5.41, 5.74) is 2.46. The molecule has 0 atom stereocenters. The first-order chi connectivity index (χ1) is 9.74.